The summed E-state index contributed by atoms with van der Waals surface area (Å²) in [5.74, 6) is 0.0676. The Morgan fingerprint density at radius 1 is 1.26 bits per heavy atom. The van der Waals surface area contributed by atoms with Crippen LogP contribution in [0.5, 0.6) is 0 Å². The summed E-state index contributed by atoms with van der Waals surface area (Å²) in [6, 6.07) is 8.15. The lowest BCUT2D eigenvalue weighted by atomic mass is 10.1. The van der Waals surface area contributed by atoms with E-state index < -0.39 is 0 Å². The van der Waals surface area contributed by atoms with E-state index in [-0.39, 0.29) is 5.91 Å². The van der Waals surface area contributed by atoms with Gasteiger partial charge in [-0.2, -0.15) is 5.10 Å². The summed E-state index contributed by atoms with van der Waals surface area (Å²) in [6.45, 7) is 4.06. The van der Waals surface area contributed by atoms with E-state index in [1.54, 1.807) is 28.9 Å². The molecule has 0 radical (unpaired) electrons. The molecule has 1 aliphatic rings. The first-order valence-corrected chi connectivity index (χ1v) is 10.6. The Hall–Kier alpha value is -2.51. The summed E-state index contributed by atoms with van der Waals surface area (Å²) in [7, 11) is 0. The minimum Gasteiger partial charge on any atom is -0.334 e. The summed E-state index contributed by atoms with van der Waals surface area (Å²) < 4.78 is 1.89. The smallest absolute Gasteiger partial charge is 0.255 e. The van der Waals surface area contributed by atoms with Gasteiger partial charge in [-0.05, 0) is 47.9 Å². The maximum absolute atomic E-state index is 13.3. The van der Waals surface area contributed by atoms with Crippen LogP contribution in [0.4, 0.5) is 0 Å². The van der Waals surface area contributed by atoms with Crippen LogP contribution in [-0.2, 0) is 19.5 Å². The second kappa shape index (κ2) is 6.58. The Morgan fingerprint density at radius 3 is 3.04 bits per heavy atom. The van der Waals surface area contributed by atoms with E-state index >= 15 is 0 Å². The molecule has 4 aromatic heterocycles. The molecule has 0 aliphatic carbocycles. The number of thiophene rings is 2. The van der Waals surface area contributed by atoms with Crippen LogP contribution in [0.15, 0.2) is 41.2 Å². The molecule has 5 rings (SSSR count). The number of amides is 1. The van der Waals surface area contributed by atoms with Crippen LogP contribution in [0.1, 0.15) is 31.4 Å². The van der Waals surface area contributed by atoms with E-state index in [0.29, 0.717) is 18.7 Å². The fourth-order valence-corrected chi connectivity index (χ4v) is 5.18. The number of aryl methyl sites for hydroxylation is 1. The largest absolute Gasteiger partial charge is 0.334 e. The number of carbonyl (C=O) groups is 1. The van der Waals surface area contributed by atoms with E-state index in [9.17, 15) is 4.79 Å². The van der Waals surface area contributed by atoms with Crippen LogP contribution >= 0.6 is 22.7 Å². The van der Waals surface area contributed by atoms with E-state index in [4.69, 9.17) is 0 Å². The fourth-order valence-electron chi connectivity index (χ4n) is 3.61. The highest BCUT2D eigenvalue weighted by atomic mass is 32.1. The zero-order chi connectivity index (χ0) is 18.4. The Kier molecular flexibility index (Phi) is 4.06. The minimum absolute atomic E-state index is 0.0676. The summed E-state index contributed by atoms with van der Waals surface area (Å²) in [4.78, 5) is 22.5. The third-order valence-corrected chi connectivity index (χ3v) is 6.83. The number of rotatable bonds is 3. The molecule has 0 aromatic carbocycles. The van der Waals surface area contributed by atoms with Crippen LogP contribution in [0.25, 0.3) is 11.0 Å². The van der Waals surface area contributed by atoms with Crippen molar-refractivity contribution in [2.24, 2.45) is 0 Å². The highest BCUT2D eigenvalue weighted by Crippen LogP contribution is 2.27. The van der Waals surface area contributed by atoms with Crippen molar-refractivity contribution in [1.82, 2.24) is 19.7 Å². The van der Waals surface area contributed by atoms with Gasteiger partial charge in [0.05, 0.1) is 23.7 Å². The maximum Gasteiger partial charge on any atom is 0.255 e. The van der Waals surface area contributed by atoms with Crippen LogP contribution in [-0.4, -0.2) is 32.1 Å². The van der Waals surface area contributed by atoms with Crippen molar-refractivity contribution in [3.8, 4) is 0 Å². The second-order valence-corrected chi connectivity index (χ2v) is 8.81. The van der Waals surface area contributed by atoms with Crippen LogP contribution in [0, 0.1) is 6.92 Å². The number of pyridine rings is 1. The van der Waals surface area contributed by atoms with E-state index in [2.05, 4.69) is 33.0 Å². The Morgan fingerprint density at radius 2 is 2.19 bits per heavy atom. The van der Waals surface area contributed by atoms with Crippen molar-refractivity contribution in [2.45, 2.75) is 26.4 Å². The van der Waals surface area contributed by atoms with Crippen molar-refractivity contribution in [3.05, 3.63) is 67.8 Å². The molecule has 0 saturated heterocycles. The van der Waals surface area contributed by atoms with Gasteiger partial charge in [0.2, 0.25) is 0 Å². The van der Waals surface area contributed by atoms with Crippen molar-refractivity contribution in [3.63, 3.8) is 0 Å². The quantitative estimate of drug-likeness (QED) is 0.525. The van der Waals surface area contributed by atoms with Crippen LogP contribution in [0.3, 0.4) is 0 Å². The molecular formula is C20H18N4OS2. The summed E-state index contributed by atoms with van der Waals surface area (Å²) in [5.41, 5.74) is 3.59. The summed E-state index contributed by atoms with van der Waals surface area (Å²) in [5, 5.41) is 9.52. The molecule has 5 nitrogen and oxygen atoms in total. The van der Waals surface area contributed by atoms with Crippen molar-refractivity contribution in [2.75, 3.05) is 6.54 Å². The molecule has 1 amide bonds. The number of hydrogen-bond donors (Lipinski definition) is 0. The molecule has 5 heterocycles. The Balaban J connectivity index is 1.51. The van der Waals surface area contributed by atoms with Crippen molar-refractivity contribution < 1.29 is 4.79 Å². The molecule has 0 atom stereocenters. The number of nitrogens with zero attached hydrogens (tertiary/aromatic N) is 4. The first-order valence-electron chi connectivity index (χ1n) is 8.89. The lowest BCUT2D eigenvalue weighted by Crippen LogP contribution is -2.35. The average Bonchev–Trinajstić information content (AvgIpc) is 3.41. The highest BCUT2D eigenvalue weighted by Gasteiger charge is 2.25. The molecular weight excluding hydrogens is 376 g/mol. The van der Waals surface area contributed by atoms with Gasteiger partial charge in [0.1, 0.15) is 0 Å². The predicted octanol–water partition coefficient (Wildman–Crippen LogP) is 4.11. The van der Waals surface area contributed by atoms with Gasteiger partial charge in [0, 0.05) is 28.5 Å². The number of fused-ring (bicyclic) bond motifs is 2. The third kappa shape index (κ3) is 2.96. The van der Waals surface area contributed by atoms with Gasteiger partial charge in [-0.1, -0.05) is 6.07 Å². The van der Waals surface area contributed by atoms with E-state index in [1.165, 1.54) is 15.3 Å². The van der Waals surface area contributed by atoms with Gasteiger partial charge < -0.3 is 4.90 Å². The first-order chi connectivity index (χ1) is 13.2. The number of aromatic nitrogens is 3. The average molecular weight is 395 g/mol. The topological polar surface area (TPSA) is 51.0 Å². The fraction of sp³-hybridized carbons (Fsp3) is 0.250. The van der Waals surface area contributed by atoms with Gasteiger partial charge >= 0.3 is 0 Å². The van der Waals surface area contributed by atoms with Gasteiger partial charge in [0.15, 0.2) is 5.65 Å². The molecule has 4 aromatic rings. The standard InChI is InChI=1S/C20H18N4OS2/c1-13-9-16(20(25)23-6-4-18-14(11-23)5-8-27-18)17-10-21-24(19(17)22-13)12-15-3-2-7-26-15/h2-3,5,7-10H,4,6,11-12H2,1H3. The zero-order valence-corrected chi connectivity index (χ0v) is 16.5. The molecule has 27 heavy (non-hydrogen) atoms. The molecule has 0 unspecified atom stereocenters. The van der Waals surface area contributed by atoms with Crippen LogP contribution in [0.2, 0.25) is 0 Å². The first kappa shape index (κ1) is 16.6. The maximum atomic E-state index is 13.3. The van der Waals surface area contributed by atoms with Crippen LogP contribution < -0.4 is 0 Å². The minimum atomic E-state index is 0.0676. The van der Waals surface area contributed by atoms with E-state index in [0.717, 1.165) is 29.7 Å². The van der Waals surface area contributed by atoms with Gasteiger partial charge in [-0.25, -0.2) is 9.67 Å². The summed E-state index contributed by atoms with van der Waals surface area (Å²) >= 11 is 3.48. The molecule has 7 heteroatoms. The predicted molar refractivity (Wildman–Crippen MR) is 108 cm³/mol. The summed E-state index contributed by atoms with van der Waals surface area (Å²) in [6.07, 6.45) is 2.71. The highest BCUT2D eigenvalue weighted by molar-refractivity contribution is 7.10. The molecule has 136 valence electrons. The molecule has 0 fully saturated rings. The number of hydrogen-bond acceptors (Lipinski definition) is 5. The lowest BCUT2D eigenvalue weighted by molar-refractivity contribution is 0.0737. The molecule has 0 spiro atoms. The van der Waals surface area contributed by atoms with E-state index in [1.807, 2.05) is 28.6 Å². The Bertz CT molecular complexity index is 1130. The molecule has 0 bridgehead atoms. The lowest BCUT2D eigenvalue weighted by Gasteiger charge is -2.27. The zero-order valence-electron chi connectivity index (χ0n) is 14.9. The van der Waals surface area contributed by atoms with Gasteiger partial charge in [-0.3, -0.25) is 4.79 Å². The van der Waals surface area contributed by atoms with Gasteiger partial charge in [0.25, 0.3) is 5.91 Å². The Labute approximate surface area is 164 Å². The normalized spacial score (nSPS) is 13.9. The molecule has 1 aliphatic heterocycles. The molecule has 0 N–H and O–H groups in total. The second-order valence-electron chi connectivity index (χ2n) is 6.78. The SMILES string of the molecule is Cc1cc(C(=O)N2CCc3sccc3C2)c2cnn(Cc3cccs3)c2n1. The monoisotopic (exact) mass is 394 g/mol. The third-order valence-electron chi connectivity index (χ3n) is 4.95. The number of carbonyl (C=O) groups excluding carboxylic acids is 1. The van der Waals surface area contributed by atoms with Gasteiger partial charge in [-0.15, -0.1) is 22.7 Å². The molecule has 0 saturated carbocycles. The van der Waals surface area contributed by atoms with Crippen molar-refractivity contribution >= 4 is 39.6 Å². The van der Waals surface area contributed by atoms with Crippen molar-refractivity contribution in [1.29, 1.82) is 0 Å².